The Balaban J connectivity index is 1.30. The molecule has 7 nitrogen and oxygen atoms in total. The molecule has 1 amide bonds. The molecular formula is C23H21N5O2. The zero-order valence-electron chi connectivity index (χ0n) is 16.4. The van der Waals surface area contributed by atoms with Gasteiger partial charge in [0.1, 0.15) is 6.10 Å². The topological polar surface area (TPSA) is 73.1 Å². The first-order valence-electron chi connectivity index (χ1n) is 10.0. The predicted molar refractivity (Wildman–Crippen MR) is 113 cm³/mol. The number of fused-ring (bicyclic) bond motifs is 1. The highest BCUT2D eigenvalue weighted by Crippen LogP contribution is 2.22. The number of rotatable bonds is 4. The molecule has 2 aromatic heterocycles. The van der Waals surface area contributed by atoms with Crippen molar-refractivity contribution in [3.63, 3.8) is 0 Å². The highest BCUT2D eigenvalue weighted by Gasteiger charge is 2.26. The maximum atomic E-state index is 13.1. The quantitative estimate of drug-likeness (QED) is 0.525. The van der Waals surface area contributed by atoms with Crippen LogP contribution >= 0.6 is 0 Å². The van der Waals surface area contributed by atoms with Crippen LogP contribution in [0.15, 0.2) is 73.1 Å². The van der Waals surface area contributed by atoms with Gasteiger partial charge in [-0.05, 0) is 43.2 Å². The van der Waals surface area contributed by atoms with Crippen molar-refractivity contribution in [1.82, 2.24) is 24.9 Å². The molecule has 1 aliphatic rings. The van der Waals surface area contributed by atoms with Crippen LogP contribution in [0, 0.1) is 0 Å². The second-order valence-corrected chi connectivity index (χ2v) is 7.37. The van der Waals surface area contributed by atoms with Crippen LogP contribution in [-0.2, 0) is 0 Å². The van der Waals surface area contributed by atoms with Crippen molar-refractivity contribution in [2.45, 2.75) is 18.9 Å². The second kappa shape index (κ2) is 7.94. The van der Waals surface area contributed by atoms with Crippen LogP contribution in [0.5, 0.6) is 5.88 Å². The number of carbonyl (C=O) groups excluding carboxylic acids is 1. The zero-order chi connectivity index (χ0) is 20.3. The first-order chi connectivity index (χ1) is 14.8. The molecule has 1 unspecified atom stereocenters. The van der Waals surface area contributed by atoms with Crippen molar-refractivity contribution < 1.29 is 9.53 Å². The van der Waals surface area contributed by atoms with Gasteiger partial charge in [-0.3, -0.25) is 4.79 Å². The number of hydrogen-bond donors (Lipinski definition) is 0. The summed E-state index contributed by atoms with van der Waals surface area (Å²) in [5, 5.41) is 8.90. The molecule has 7 heteroatoms. The van der Waals surface area contributed by atoms with Gasteiger partial charge in [-0.1, -0.05) is 29.5 Å². The largest absolute Gasteiger partial charge is 0.472 e. The van der Waals surface area contributed by atoms with E-state index in [-0.39, 0.29) is 12.0 Å². The molecule has 150 valence electrons. The third kappa shape index (κ3) is 3.74. The third-order valence-electron chi connectivity index (χ3n) is 5.31. The summed E-state index contributed by atoms with van der Waals surface area (Å²) in [6.07, 6.45) is 5.09. The van der Waals surface area contributed by atoms with Gasteiger partial charge < -0.3 is 9.64 Å². The van der Waals surface area contributed by atoms with E-state index in [1.807, 2.05) is 65.6 Å². The lowest BCUT2D eigenvalue weighted by atomic mass is 10.1. The van der Waals surface area contributed by atoms with Crippen LogP contribution in [0.25, 0.3) is 16.6 Å². The first-order valence-corrected chi connectivity index (χ1v) is 10.0. The molecule has 5 rings (SSSR count). The number of piperidine rings is 1. The fourth-order valence-electron chi connectivity index (χ4n) is 3.81. The normalized spacial score (nSPS) is 16.5. The van der Waals surface area contributed by atoms with E-state index >= 15 is 0 Å². The van der Waals surface area contributed by atoms with Gasteiger partial charge in [0, 0.05) is 23.6 Å². The monoisotopic (exact) mass is 399 g/mol. The van der Waals surface area contributed by atoms with Crippen molar-refractivity contribution in [3.05, 3.63) is 78.6 Å². The Labute approximate surface area is 173 Å². The molecule has 30 heavy (non-hydrogen) atoms. The second-order valence-electron chi connectivity index (χ2n) is 7.37. The van der Waals surface area contributed by atoms with Crippen LogP contribution in [0.3, 0.4) is 0 Å². The van der Waals surface area contributed by atoms with Gasteiger partial charge in [-0.25, -0.2) is 9.67 Å². The molecular weight excluding hydrogens is 378 g/mol. The maximum Gasteiger partial charge on any atom is 0.254 e. The minimum absolute atomic E-state index is 0.00302. The average Bonchev–Trinajstić information content (AvgIpc) is 3.34. The lowest BCUT2D eigenvalue weighted by Gasteiger charge is -2.32. The van der Waals surface area contributed by atoms with E-state index < -0.39 is 0 Å². The minimum Gasteiger partial charge on any atom is -0.472 e. The van der Waals surface area contributed by atoms with Gasteiger partial charge in [0.2, 0.25) is 5.88 Å². The summed E-state index contributed by atoms with van der Waals surface area (Å²) in [7, 11) is 0. The fourth-order valence-corrected chi connectivity index (χ4v) is 3.81. The molecule has 4 aromatic rings. The van der Waals surface area contributed by atoms with Gasteiger partial charge in [-0.2, -0.15) is 0 Å². The van der Waals surface area contributed by atoms with E-state index in [0.29, 0.717) is 18.0 Å². The van der Waals surface area contributed by atoms with Gasteiger partial charge in [-0.15, -0.1) is 5.10 Å². The summed E-state index contributed by atoms with van der Waals surface area (Å²) in [6.45, 7) is 1.26. The molecule has 1 fully saturated rings. The van der Waals surface area contributed by atoms with E-state index in [9.17, 15) is 4.79 Å². The van der Waals surface area contributed by atoms with Crippen LogP contribution in [0.4, 0.5) is 0 Å². The van der Waals surface area contributed by atoms with E-state index in [1.54, 1.807) is 17.1 Å². The Kier molecular flexibility index (Phi) is 4.85. The van der Waals surface area contributed by atoms with E-state index in [2.05, 4.69) is 15.3 Å². The zero-order valence-corrected chi connectivity index (χ0v) is 16.4. The van der Waals surface area contributed by atoms with Gasteiger partial charge in [0.25, 0.3) is 5.91 Å². The molecule has 1 saturated heterocycles. The molecule has 1 aliphatic heterocycles. The summed E-state index contributed by atoms with van der Waals surface area (Å²) >= 11 is 0. The SMILES string of the molecule is O=C(c1cccc(-n2ccnn2)c1)N1CCCC(Oc2ccc3ccccc3n2)C1. The number of carbonyl (C=O) groups is 1. The van der Waals surface area contributed by atoms with Gasteiger partial charge >= 0.3 is 0 Å². The number of hydrogen-bond acceptors (Lipinski definition) is 5. The highest BCUT2D eigenvalue weighted by molar-refractivity contribution is 5.94. The number of pyridine rings is 1. The van der Waals surface area contributed by atoms with Crippen molar-refractivity contribution in [2.24, 2.45) is 0 Å². The Morgan fingerprint density at radius 1 is 1.07 bits per heavy atom. The van der Waals surface area contributed by atoms with Gasteiger partial charge in [0.05, 0.1) is 30.1 Å². The number of para-hydroxylation sites is 1. The summed E-state index contributed by atoms with van der Waals surface area (Å²) < 4.78 is 7.78. The van der Waals surface area contributed by atoms with Gasteiger partial charge in [0.15, 0.2) is 0 Å². The fraction of sp³-hybridized carbons (Fsp3) is 0.217. The highest BCUT2D eigenvalue weighted by atomic mass is 16.5. The van der Waals surface area contributed by atoms with Crippen molar-refractivity contribution in [3.8, 4) is 11.6 Å². The number of aromatic nitrogens is 4. The van der Waals surface area contributed by atoms with Crippen LogP contribution < -0.4 is 4.74 Å². The standard InChI is InChI=1S/C23H21N5O2/c29-23(18-6-3-7-19(15-18)28-14-12-24-26-28)27-13-4-8-20(16-27)30-22-11-10-17-5-1-2-9-21(17)25-22/h1-3,5-7,9-12,14-15,20H,4,8,13,16H2. The number of benzene rings is 2. The third-order valence-corrected chi connectivity index (χ3v) is 5.31. The number of amides is 1. The minimum atomic E-state index is -0.0742. The van der Waals surface area contributed by atoms with Crippen molar-refractivity contribution >= 4 is 16.8 Å². The Hall–Kier alpha value is -3.74. The number of nitrogens with zero attached hydrogens (tertiary/aromatic N) is 5. The molecule has 0 aliphatic carbocycles. The lowest BCUT2D eigenvalue weighted by molar-refractivity contribution is 0.0528. The maximum absolute atomic E-state index is 13.1. The molecule has 2 aromatic carbocycles. The molecule has 0 radical (unpaired) electrons. The molecule has 0 N–H and O–H groups in total. The van der Waals surface area contributed by atoms with Crippen molar-refractivity contribution in [1.29, 1.82) is 0 Å². The first kappa shape index (κ1) is 18.3. The summed E-state index contributed by atoms with van der Waals surface area (Å²) in [5.41, 5.74) is 2.35. The van der Waals surface area contributed by atoms with E-state index in [4.69, 9.17) is 4.74 Å². The summed E-state index contributed by atoms with van der Waals surface area (Å²) in [4.78, 5) is 19.6. The Morgan fingerprint density at radius 2 is 2.00 bits per heavy atom. The van der Waals surface area contributed by atoms with Crippen LogP contribution in [-0.4, -0.2) is 50.0 Å². The molecule has 0 bridgehead atoms. The average molecular weight is 399 g/mol. The summed E-state index contributed by atoms with van der Waals surface area (Å²) in [6, 6.07) is 19.3. The lowest BCUT2D eigenvalue weighted by Crippen LogP contribution is -2.44. The molecule has 1 atom stereocenters. The smallest absolute Gasteiger partial charge is 0.254 e. The van der Waals surface area contributed by atoms with Crippen molar-refractivity contribution in [2.75, 3.05) is 13.1 Å². The molecule has 3 heterocycles. The Bertz CT molecular complexity index is 1180. The number of ether oxygens (including phenoxy) is 1. The number of likely N-dealkylation sites (tertiary alicyclic amines) is 1. The predicted octanol–water partition coefficient (Wildman–Crippen LogP) is 3.50. The van der Waals surface area contributed by atoms with E-state index in [1.165, 1.54) is 0 Å². The molecule has 0 spiro atoms. The van der Waals surface area contributed by atoms with E-state index in [0.717, 1.165) is 36.0 Å². The van der Waals surface area contributed by atoms with Crippen LogP contribution in [0.1, 0.15) is 23.2 Å². The summed E-state index contributed by atoms with van der Waals surface area (Å²) in [5.74, 6) is 0.595. The Morgan fingerprint density at radius 3 is 2.90 bits per heavy atom. The molecule has 0 saturated carbocycles. The van der Waals surface area contributed by atoms with Crippen LogP contribution in [0.2, 0.25) is 0 Å².